The Morgan fingerprint density at radius 3 is 2.74 bits per heavy atom. The summed E-state index contributed by atoms with van der Waals surface area (Å²) in [6.07, 6.45) is 9.07. The van der Waals surface area contributed by atoms with Crippen LogP contribution in [0.3, 0.4) is 0 Å². The van der Waals surface area contributed by atoms with E-state index in [0.717, 1.165) is 43.3 Å². The van der Waals surface area contributed by atoms with E-state index in [2.05, 4.69) is 35.4 Å². The molecule has 4 aliphatic rings. The minimum Gasteiger partial charge on any atom is -0.508 e. The molecule has 6 rings (SSSR count). The fraction of sp³-hybridized carbons (Fsp3) is 0.606. The van der Waals surface area contributed by atoms with Crippen LogP contribution >= 0.6 is 0 Å². The first kappa shape index (κ1) is 29.7. The Labute approximate surface area is 251 Å². The number of aromatic nitrogens is 1. The zero-order chi connectivity index (χ0) is 30.7. The van der Waals surface area contributed by atoms with Crippen molar-refractivity contribution in [2.75, 3.05) is 6.61 Å². The smallest absolute Gasteiger partial charge is 0.326 e. The van der Waals surface area contributed by atoms with Crippen molar-refractivity contribution in [1.82, 2.24) is 10.3 Å². The van der Waals surface area contributed by atoms with E-state index < -0.39 is 36.2 Å². The van der Waals surface area contributed by atoms with Gasteiger partial charge in [0.15, 0.2) is 6.61 Å². The summed E-state index contributed by atoms with van der Waals surface area (Å²) in [5.41, 5.74) is 2.26. The minimum atomic E-state index is -1.18. The lowest BCUT2D eigenvalue weighted by Crippen LogP contribution is -2.59. The molecule has 43 heavy (non-hydrogen) atoms. The molecule has 0 unspecified atom stereocenters. The molecule has 1 aromatic carbocycles. The highest BCUT2D eigenvalue weighted by Crippen LogP contribution is 2.67. The van der Waals surface area contributed by atoms with Crippen LogP contribution in [-0.2, 0) is 20.8 Å². The van der Waals surface area contributed by atoms with Gasteiger partial charge in [0.25, 0.3) is 5.91 Å². The van der Waals surface area contributed by atoms with Gasteiger partial charge in [0.1, 0.15) is 11.8 Å². The molecule has 1 heterocycles. The summed E-state index contributed by atoms with van der Waals surface area (Å²) in [5.74, 6) is -0.767. The molecule has 6 N–H and O–H groups in total. The van der Waals surface area contributed by atoms with Gasteiger partial charge in [-0.05, 0) is 105 Å². The van der Waals surface area contributed by atoms with Crippen LogP contribution in [0.4, 0.5) is 0 Å². The molecular weight excluding hydrogens is 550 g/mol. The maximum Gasteiger partial charge on any atom is 0.326 e. The lowest BCUT2D eigenvalue weighted by Gasteiger charge is -2.60. The minimum absolute atomic E-state index is 0.0370. The Morgan fingerprint density at radius 1 is 1.19 bits per heavy atom. The highest BCUT2D eigenvalue weighted by Gasteiger charge is 2.64. The van der Waals surface area contributed by atoms with E-state index in [-0.39, 0.29) is 28.9 Å². The molecule has 2 aromatic rings. The fourth-order valence-corrected chi connectivity index (χ4v) is 9.16. The number of nitrogens with zero attached hydrogens (tertiary/aromatic N) is 1. The third kappa shape index (κ3) is 5.02. The lowest BCUT2D eigenvalue weighted by atomic mass is 9.45. The number of carboxylic acids is 1. The maximum absolute atomic E-state index is 12.6. The fourth-order valence-electron chi connectivity index (χ4n) is 9.16. The number of phenols is 1. The van der Waals surface area contributed by atoms with E-state index >= 15 is 0 Å². The Balaban J connectivity index is 1.09. The average Bonchev–Trinajstić information content (AvgIpc) is 3.44. The first-order chi connectivity index (χ1) is 20.3. The number of rotatable bonds is 7. The van der Waals surface area contributed by atoms with Crippen molar-refractivity contribution in [3.63, 3.8) is 0 Å². The number of aliphatic hydroxyl groups is 2. The molecule has 1 aromatic heterocycles. The second-order valence-corrected chi connectivity index (χ2v) is 14.0. The quantitative estimate of drug-likeness (QED) is 0.264. The van der Waals surface area contributed by atoms with Crippen molar-refractivity contribution in [2.24, 2.45) is 33.7 Å². The van der Waals surface area contributed by atoms with Crippen molar-refractivity contribution in [3.05, 3.63) is 41.6 Å². The number of oxime groups is 1. The number of carbonyl (C=O) groups excluding carboxylic acids is 1. The van der Waals surface area contributed by atoms with Crippen LogP contribution in [0.15, 0.2) is 41.2 Å². The largest absolute Gasteiger partial charge is 0.508 e. The predicted octanol–water partition coefficient (Wildman–Crippen LogP) is 4.04. The van der Waals surface area contributed by atoms with Gasteiger partial charge in [-0.1, -0.05) is 24.6 Å². The number of aliphatic carboxylic acids is 1. The number of H-pyrrole nitrogens is 1. The maximum atomic E-state index is 12.6. The van der Waals surface area contributed by atoms with Gasteiger partial charge in [-0.2, -0.15) is 0 Å². The molecule has 3 fully saturated rings. The van der Waals surface area contributed by atoms with Crippen LogP contribution in [0.2, 0.25) is 0 Å². The highest BCUT2D eigenvalue weighted by molar-refractivity contribution is 5.96. The van der Waals surface area contributed by atoms with Gasteiger partial charge < -0.3 is 35.6 Å². The Kier molecular flexibility index (Phi) is 7.36. The van der Waals surface area contributed by atoms with Crippen LogP contribution in [0.5, 0.6) is 5.75 Å². The van der Waals surface area contributed by atoms with Crippen molar-refractivity contribution in [1.29, 1.82) is 0 Å². The van der Waals surface area contributed by atoms with Crippen LogP contribution in [0.25, 0.3) is 10.9 Å². The third-order valence-corrected chi connectivity index (χ3v) is 11.7. The van der Waals surface area contributed by atoms with Gasteiger partial charge >= 0.3 is 5.97 Å². The summed E-state index contributed by atoms with van der Waals surface area (Å²) < 4.78 is 0. The number of allylic oxidation sites excluding steroid dienone is 2. The summed E-state index contributed by atoms with van der Waals surface area (Å²) in [6, 6.07) is 3.63. The lowest BCUT2D eigenvalue weighted by molar-refractivity contribution is -0.164. The molecular formula is C33H43N3O7. The molecule has 1 amide bonds. The number of carboxylic acid groups (broad SMARTS) is 1. The number of carbonyl (C=O) groups is 2. The topological polar surface area (TPSA) is 164 Å². The second-order valence-electron chi connectivity index (χ2n) is 14.0. The molecule has 4 aliphatic carbocycles. The standard InChI is InChI=1S/C33H43N3O7/c1-31-10-8-20(13-19(31)4-6-22-24-9-11-33(3,42)32(24,2)15-27(38)29(22)31)36-43-17-28(39)35-26(30(40)41)12-18-16-34-25-7-5-21(37)14-23(18)25/h5,7,13-14,16,22,24,26-27,29,34,37-38,42H,4,6,8-12,15,17H2,1-3H3,(H,35,39)(H,40,41)/b36-20-/t22-,24+,26+,27-,29-,31-,32-,33-/m0/s1. The number of aromatic hydroxyl groups is 1. The SMILES string of the molecule is C[C@]12CC/C(=N/OCC(=O)N[C@H](Cc3c[nH]c4ccc(O)cc34)C(=O)O)C=C1CC[C@@H]1[C@H]2[C@@H](O)C[C@@]2(C)[C@@H]1CC[C@]2(C)O. The molecule has 8 atom stereocenters. The van der Waals surface area contributed by atoms with Crippen LogP contribution in [0, 0.1) is 28.6 Å². The van der Waals surface area contributed by atoms with Crippen molar-refractivity contribution < 1.29 is 34.9 Å². The molecule has 10 nitrogen and oxygen atoms in total. The van der Waals surface area contributed by atoms with E-state index in [1.165, 1.54) is 5.57 Å². The van der Waals surface area contributed by atoms with Crippen molar-refractivity contribution in [2.45, 2.75) is 89.9 Å². The summed E-state index contributed by atoms with van der Waals surface area (Å²) in [7, 11) is 0. The number of hydrogen-bond acceptors (Lipinski definition) is 7. The molecule has 0 radical (unpaired) electrons. The van der Waals surface area contributed by atoms with Crippen LogP contribution < -0.4 is 5.32 Å². The summed E-state index contributed by atoms with van der Waals surface area (Å²) >= 11 is 0. The average molecular weight is 594 g/mol. The predicted molar refractivity (Wildman–Crippen MR) is 160 cm³/mol. The van der Waals surface area contributed by atoms with Gasteiger partial charge in [-0.15, -0.1) is 0 Å². The number of aliphatic hydroxyl groups excluding tert-OH is 1. The number of fused-ring (bicyclic) bond motifs is 6. The van der Waals surface area contributed by atoms with E-state index in [0.29, 0.717) is 35.6 Å². The molecule has 0 bridgehead atoms. The van der Waals surface area contributed by atoms with E-state index in [1.807, 2.05) is 6.92 Å². The molecule has 232 valence electrons. The summed E-state index contributed by atoms with van der Waals surface area (Å²) in [5, 5.41) is 49.6. The number of benzene rings is 1. The second kappa shape index (κ2) is 10.7. The highest BCUT2D eigenvalue weighted by atomic mass is 16.6. The number of hydrogen-bond donors (Lipinski definition) is 6. The van der Waals surface area contributed by atoms with Crippen LogP contribution in [-0.4, -0.2) is 67.4 Å². The van der Waals surface area contributed by atoms with Gasteiger partial charge in [-0.3, -0.25) is 4.79 Å². The first-order valence-corrected chi connectivity index (χ1v) is 15.4. The molecule has 0 aliphatic heterocycles. The molecule has 10 heteroatoms. The third-order valence-electron chi connectivity index (χ3n) is 11.7. The number of aromatic amines is 1. The summed E-state index contributed by atoms with van der Waals surface area (Å²) in [4.78, 5) is 32.9. The zero-order valence-corrected chi connectivity index (χ0v) is 25.1. The van der Waals surface area contributed by atoms with Crippen molar-refractivity contribution in [3.8, 4) is 5.75 Å². The Bertz CT molecular complexity index is 1490. The first-order valence-electron chi connectivity index (χ1n) is 15.4. The van der Waals surface area contributed by atoms with Gasteiger partial charge in [0.05, 0.1) is 17.4 Å². The summed E-state index contributed by atoms with van der Waals surface area (Å²) in [6.45, 7) is 5.97. The normalized spacial score (nSPS) is 36.8. The van der Waals surface area contributed by atoms with Crippen LogP contribution in [0.1, 0.15) is 71.3 Å². The van der Waals surface area contributed by atoms with E-state index in [4.69, 9.17) is 4.84 Å². The number of phenolic OH excluding ortho intramolecular Hbond substituents is 1. The Hall–Kier alpha value is -3.37. The van der Waals surface area contributed by atoms with E-state index in [1.54, 1.807) is 24.4 Å². The van der Waals surface area contributed by atoms with Crippen molar-refractivity contribution >= 4 is 28.5 Å². The van der Waals surface area contributed by atoms with E-state index in [9.17, 15) is 30.0 Å². The number of nitrogens with one attached hydrogen (secondary N) is 2. The zero-order valence-electron chi connectivity index (χ0n) is 25.1. The number of amides is 1. The molecule has 0 spiro atoms. The molecule has 3 saturated carbocycles. The van der Waals surface area contributed by atoms with Gasteiger partial charge in [-0.25, -0.2) is 4.79 Å². The van der Waals surface area contributed by atoms with Gasteiger partial charge in [0, 0.05) is 28.9 Å². The monoisotopic (exact) mass is 593 g/mol. The van der Waals surface area contributed by atoms with Gasteiger partial charge in [0.2, 0.25) is 0 Å². The molecule has 0 saturated heterocycles. The Morgan fingerprint density at radius 2 is 1.98 bits per heavy atom.